The molecule has 0 radical (unpaired) electrons. The van der Waals surface area contributed by atoms with E-state index in [1.165, 1.54) is 16.4 Å². The van der Waals surface area contributed by atoms with Crippen molar-refractivity contribution in [3.8, 4) is 11.1 Å². The minimum absolute atomic E-state index is 0.142. The van der Waals surface area contributed by atoms with Gasteiger partial charge in [-0.2, -0.15) is 5.10 Å². The summed E-state index contributed by atoms with van der Waals surface area (Å²) >= 11 is 1.19. The zero-order valence-corrected chi connectivity index (χ0v) is 23.0. The lowest BCUT2D eigenvalue weighted by Crippen LogP contribution is -2.26. The largest absolute Gasteiger partial charge is 0.480 e. The van der Waals surface area contributed by atoms with Crippen molar-refractivity contribution in [1.82, 2.24) is 14.3 Å². The van der Waals surface area contributed by atoms with Crippen LogP contribution in [0.3, 0.4) is 0 Å². The quantitative estimate of drug-likeness (QED) is 0.197. The summed E-state index contributed by atoms with van der Waals surface area (Å²) in [4.78, 5) is 37.8. The maximum atomic E-state index is 13.1. The van der Waals surface area contributed by atoms with E-state index in [1.807, 2.05) is 61.5 Å². The first kappa shape index (κ1) is 27.9. The number of hydrogen-bond donors (Lipinski definition) is 1. The van der Waals surface area contributed by atoms with Crippen LogP contribution in [-0.4, -0.2) is 36.1 Å². The van der Waals surface area contributed by atoms with Gasteiger partial charge in [0.2, 0.25) is 0 Å². The van der Waals surface area contributed by atoms with Gasteiger partial charge in [-0.3, -0.25) is 9.36 Å². The van der Waals surface area contributed by atoms with Crippen molar-refractivity contribution < 1.29 is 19.4 Å². The molecule has 0 bridgehead atoms. The fraction of sp³-hybridized carbons (Fsp3) is 0.267. The SMILES string of the molecule is CCCn1c(COC(=O)c2ccc(SC(C)(C)C(=O)O)cc2)nn(Cc2ccc(-c3ccccc3)cc2)c1=O. The first-order chi connectivity index (χ1) is 18.7. The third-order valence-corrected chi connectivity index (χ3v) is 7.34. The van der Waals surface area contributed by atoms with Crippen molar-refractivity contribution in [2.75, 3.05) is 0 Å². The fourth-order valence-corrected chi connectivity index (χ4v) is 4.91. The molecule has 9 heteroatoms. The van der Waals surface area contributed by atoms with Crippen LogP contribution in [0, 0.1) is 0 Å². The molecule has 8 nitrogen and oxygen atoms in total. The van der Waals surface area contributed by atoms with Gasteiger partial charge in [0.05, 0.1) is 12.1 Å². The second-order valence-corrected chi connectivity index (χ2v) is 11.3. The van der Waals surface area contributed by atoms with Crippen molar-refractivity contribution in [1.29, 1.82) is 0 Å². The molecule has 0 unspecified atom stereocenters. The van der Waals surface area contributed by atoms with Crippen LogP contribution in [0.15, 0.2) is 88.6 Å². The Morgan fingerprint density at radius 3 is 2.21 bits per heavy atom. The fourth-order valence-electron chi connectivity index (χ4n) is 3.96. The van der Waals surface area contributed by atoms with E-state index >= 15 is 0 Å². The topological polar surface area (TPSA) is 103 Å². The predicted octanol–water partition coefficient (Wildman–Crippen LogP) is 5.48. The highest BCUT2D eigenvalue weighted by molar-refractivity contribution is 8.01. The molecule has 0 fully saturated rings. The maximum absolute atomic E-state index is 13.1. The number of rotatable bonds is 11. The van der Waals surface area contributed by atoms with Gasteiger partial charge in [-0.1, -0.05) is 61.5 Å². The molecule has 3 aromatic carbocycles. The molecular formula is C30H31N3O5S. The van der Waals surface area contributed by atoms with Gasteiger partial charge in [0.15, 0.2) is 12.4 Å². The van der Waals surface area contributed by atoms with E-state index in [4.69, 9.17) is 4.74 Å². The molecule has 1 heterocycles. The molecule has 0 atom stereocenters. The minimum Gasteiger partial charge on any atom is -0.480 e. The van der Waals surface area contributed by atoms with Crippen molar-refractivity contribution in [3.05, 3.63) is 106 Å². The van der Waals surface area contributed by atoms with Crippen molar-refractivity contribution >= 4 is 23.7 Å². The summed E-state index contributed by atoms with van der Waals surface area (Å²) in [7, 11) is 0. The first-order valence-electron chi connectivity index (χ1n) is 12.7. The lowest BCUT2D eigenvalue weighted by molar-refractivity contribution is -0.138. The summed E-state index contributed by atoms with van der Waals surface area (Å²) in [6.07, 6.45) is 0.726. The number of hydrogen-bond acceptors (Lipinski definition) is 6. The molecule has 1 N–H and O–H groups in total. The highest BCUT2D eigenvalue weighted by Crippen LogP contribution is 2.32. The minimum atomic E-state index is -0.992. The Bertz CT molecular complexity index is 1490. The number of esters is 1. The lowest BCUT2D eigenvalue weighted by atomic mass is 10.0. The summed E-state index contributed by atoms with van der Waals surface area (Å²) in [5.41, 5.74) is 3.22. The van der Waals surface area contributed by atoms with Crippen LogP contribution in [0.2, 0.25) is 0 Å². The van der Waals surface area contributed by atoms with Gasteiger partial charge in [0.25, 0.3) is 0 Å². The molecule has 0 spiro atoms. The average Bonchev–Trinajstić information content (AvgIpc) is 3.22. The molecule has 0 aliphatic carbocycles. The van der Waals surface area contributed by atoms with E-state index < -0.39 is 16.7 Å². The van der Waals surface area contributed by atoms with E-state index in [2.05, 4.69) is 5.10 Å². The van der Waals surface area contributed by atoms with Gasteiger partial charge < -0.3 is 9.84 Å². The zero-order chi connectivity index (χ0) is 28.0. The third-order valence-electron chi connectivity index (χ3n) is 6.15. The average molecular weight is 546 g/mol. The number of thioether (sulfide) groups is 1. The summed E-state index contributed by atoms with van der Waals surface area (Å²) in [6, 6.07) is 24.6. The summed E-state index contributed by atoms with van der Waals surface area (Å²) in [6.45, 7) is 5.83. The van der Waals surface area contributed by atoms with Gasteiger partial charge in [-0.25, -0.2) is 14.3 Å². The number of carboxylic acid groups (broad SMARTS) is 1. The molecule has 0 saturated heterocycles. The number of aromatic nitrogens is 3. The molecule has 0 amide bonds. The maximum Gasteiger partial charge on any atom is 0.346 e. The Morgan fingerprint density at radius 2 is 1.59 bits per heavy atom. The molecule has 1 aromatic heterocycles. The Labute approximate surface area is 231 Å². The van der Waals surface area contributed by atoms with Gasteiger partial charge in [0.1, 0.15) is 4.75 Å². The predicted molar refractivity (Wildman–Crippen MR) is 151 cm³/mol. The molecule has 0 saturated carbocycles. The van der Waals surface area contributed by atoms with Crippen LogP contribution >= 0.6 is 11.8 Å². The monoisotopic (exact) mass is 545 g/mol. The van der Waals surface area contributed by atoms with Crippen molar-refractivity contribution in [2.45, 2.75) is 56.5 Å². The molecule has 0 aliphatic heterocycles. The molecular weight excluding hydrogens is 514 g/mol. The zero-order valence-electron chi connectivity index (χ0n) is 22.2. The standard InChI is InChI=1S/C30H31N3O5S/c1-4-18-32-26(20-38-27(34)24-14-16-25(17-15-24)39-30(2,3)28(35)36)31-33(29(32)37)19-21-10-12-23(13-11-21)22-8-6-5-7-9-22/h5-17H,4,18-20H2,1-3H3,(H,35,36). The van der Waals surface area contributed by atoms with Gasteiger partial charge >= 0.3 is 17.6 Å². The van der Waals surface area contributed by atoms with Crippen LogP contribution in [0.1, 0.15) is 48.9 Å². The number of nitrogens with zero attached hydrogens (tertiary/aromatic N) is 3. The molecule has 4 rings (SSSR count). The number of carbonyl (C=O) groups excluding carboxylic acids is 1. The molecule has 4 aromatic rings. The van der Waals surface area contributed by atoms with E-state index in [9.17, 15) is 19.5 Å². The number of carbonyl (C=O) groups is 2. The summed E-state index contributed by atoms with van der Waals surface area (Å²) in [5.74, 6) is -1.09. The van der Waals surface area contributed by atoms with Crippen molar-refractivity contribution in [2.24, 2.45) is 0 Å². The summed E-state index contributed by atoms with van der Waals surface area (Å²) in [5, 5.41) is 13.8. The Hall–Kier alpha value is -4.11. The second kappa shape index (κ2) is 12.2. The van der Waals surface area contributed by atoms with E-state index in [0.717, 1.165) is 28.0 Å². The highest BCUT2D eigenvalue weighted by Gasteiger charge is 2.28. The lowest BCUT2D eigenvalue weighted by Gasteiger charge is -2.18. The van der Waals surface area contributed by atoms with Crippen LogP contribution in [0.25, 0.3) is 11.1 Å². The Balaban J connectivity index is 1.44. The smallest absolute Gasteiger partial charge is 0.346 e. The summed E-state index contributed by atoms with van der Waals surface area (Å²) < 4.78 is 7.43. The van der Waals surface area contributed by atoms with Crippen LogP contribution in [-0.2, 0) is 29.2 Å². The first-order valence-corrected chi connectivity index (χ1v) is 13.5. The number of ether oxygens (including phenoxy) is 1. The molecule has 202 valence electrons. The number of carboxylic acids is 1. The van der Waals surface area contributed by atoms with Gasteiger partial charge in [-0.05, 0) is 61.2 Å². The highest BCUT2D eigenvalue weighted by atomic mass is 32.2. The second-order valence-electron chi connectivity index (χ2n) is 9.59. The Kier molecular flexibility index (Phi) is 8.71. The number of aliphatic carboxylic acids is 1. The van der Waals surface area contributed by atoms with Crippen LogP contribution < -0.4 is 5.69 Å². The third kappa shape index (κ3) is 6.86. The van der Waals surface area contributed by atoms with Crippen LogP contribution in [0.5, 0.6) is 0 Å². The van der Waals surface area contributed by atoms with E-state index in [0.29, 0.717) is 24.5 Å². The molecule has 0 aliphatic rings. The van der Waals surface area contributed by atoms with E-state index in [-0.39, 0.29) is 12.3 Å². The van der Waals surface area contributed by atoms with Gasteiger partial charge in [0, 0.05) is 11.4 Å². The Morgan fingerprint density at radius 1 is 0.949 bits per heavy atom. The number of benzene rings is 3. The van der Waals surface area contributed by atoms with Crippen LogP contribution in [0.4, 0.5) is 0 Å². The van der Waals surface area contributed by atoms with Crippen molar-refractivity contribution in [3.63, 3.8) is 0 Å². The van der Waals surface area contributed by atoms with Gasteiger partial charge in [-0.15, -0.1) is 11.8 Å². The molecule has 39 heavy (non-hydrogen) atoms. The van der Waals surface area contributed by atoms with E-state index in [1.54, 1.807) is 42.7 Å². The normalized spacial score (nSPS) is 11.4.